The molecule has 1 aliphatic heterocycles. The minimum absolute atomic E-state index is 0.0691. The average Bonchev–Trinajstić information content (AvgIpc) is 3.12. The molecule has 1 amide bonds. The molecule has 1 aliphatic rings. The lowest BCUT2D eigenvalue weighted by Crippen LogP contribution is -2.32. The Morgan fingerprint density at radius 2 is 1.76 bits per heavy atom. The van der Waals surface area contributed by atoms with Gasteiger partial charge in [-0.05, 0) is 48.7 Å². The summed E-state index contributed by atoms with van der Waals surface area (Å²) in [4.78, 5) is 11.8. The van der Waals surface area contributed by atoms with Gasteiger partial charge in [0.1, 0.15) is 16.4 Å². The summed E-state index contributed by atoms with van der Waals surface area (Å²) in [5.41, 5.74) is 2.44. The SMILES string of the molecule is CNC(=O)c1ccc(-c2cc3c(NC4CCS(=O)(=O)CC4)cccc3n2CC(F)(F)F)cc1. The highest BCUT2D eigenvalue weighted by molar-refractivity contribution is 7.91. The van der Waals surface area contributed by atoms with Crippen LogP contribution < -0.4 is 10.6 Å². The smallest absolute Gasteiger partial charge is 0.382 e. The Hall–Kier alpha value is -3.01. The number of carbonyl (C=O) groups excluding carboxylic acids is 1. The molecule has 0 spiro atoms. The largest absolute Gasteiger partial charge is 0.406 e. The Labute approximate surface area is 189 Å². The molecule has 0 atom stereocenters. The van der Waals surface area contributed by atoms with Crippen molar-refractivity contribution in [3.8, 4) is 11.3 Å². The third-order valence-corrected chi connectivity index (χ3v) is 7.58. The summed E-state index contributed by atoms with van der Waals surface area (Å²) in [7, 11) is -1.51. The first-order valence-electron chi connectivity index (χ1n) is 10.5. The third kappa shape index (κ3) is 5.16. The number of benzene rings is 2. The van der Waals surface area contributed by atoms with Gasteiger partial charge in [0.15, 0.2) is 0 Å². The Balaban J connectivity index is 1.75. The van der Waals surface area contributed by atoms with Gasteiger partial charge in [0.25, 0.3) is 5.91 Å². The first-order chi connectivity index (χ1) is 15.6. The number of anilines is 1. The van der Waals surface area contributed by atoms with E-state index in [9.17, 15) is 26.4 Å². The zero-order valence-electron chi connectivity index (χ0n) is 17.9. The number of nitrogens with one attached hydrogen (secondary N) is 2. The molecule has 0 bridgehead atoms. The maximum absolute atomic E-state index is 13.5. The van der Waals surface area contributed by atoms with Crippen LogP contribution in [0.3, 0.4) is 0 Å². The van der Waals surface area contributed by atoms with Crippen molar-refractivity contribution in [3.05, 3.63) is 54.1 Å². The van der Waals surface area contributed by atoms with Gasteiger partial charge in [0.05, 0.1) is 17.0 Å². The lowest BCUT2D eigenvalue weighted by molar-refractivity contribution is -0.139. The van der Waals surface area contributed by atoms with E-state index in [4.69, 9.17) is 0 Å². The zero-order chi connectivity index (χ0) is 23.8. The van der Waals surface area contributed by atoms with Crippen molar-refractivity contribution in [3.63, 3.8) is 0 Å². The predicted octanol–water partition coefficient (Wildman–Crippen LogP) is 4.22. The maximum Gasteiger partial charge on any atom is 0.406 e. The number of alkyl halides is 3. The van der Waals surface area contributed by atoms with Gasteiger partial charge in [-0.1, -0.05) is 18.2 Å². The van der Waals surface area contributed by atoms with Crippen LogP contribution in [0.25, 0.3) is 22.2 Å². The molecule has 10 heteroatoms. The first-order valence-corrected chi connectivity index (χ1v) is 12.4. The standard InChI is InChI=1S/C23H24F3N3O3S/c1-27-22(30)16-7-5-15(6-8-16)21-13-18-19(28-17-9-11-33(31,32)12-10-17)3-2-4-20(18)29(21)14-23(24,25)26/h2-8,13,17,28H,9-12,14H2,1H3,(H,27,30). The van der Waals surface area contributed by atoms with Crippen LogP contribution in [0.1, 0.15) is 23.2 Å². The number of carbonyl (C=O) groups is 1. The lowest BCUT2D eigenvalue weighted by atomic mass is 10.1. The summed E-state index contributed by atoms with van der Waals surface area (Å²) >= 11 is 0. The molecule has 0 radical (unpaired) electrons. The molecule has 2 aromatic carbocycles. The van der Waals surface area contributed by atoms with E-state index < -0.39 is 22.6 Å². The molecule has 176 valence electrons. The van der Waals surface area contributed by atoms with Crippen LogP contribution >= 0.6 is 0 Å². The van der Waals surface area contributed by atoms with Gasteiger partial charge in [-0.3, -0.25) is 4.79 Å². The fourth-order valence-electron chi connectivity index (χ4n) is 4.19. The summed E-state index contributed by atoms with van der Waals surface area (Å²) < 4.78 is 65.0. The second-order valence-corrected chi connectivity index (χ2v) is 10.5. The Morgan fingerprint density at radius 1 is 1.09 bits per heavy atom. The van der Waals surface area contributed by atoms with E-state index in [1.54, 1.807) is 48.5 Å². The van der Waals surface area contributed by atoms with E-state index in [0.29, 0.717) is 46.3 Å². The van der Waals surface area contributed by atoms with E-state index in [1.165, 1.54) is 11.6 Å². The van der Waals surface area contributed by atoms with Gasteiger partial charge in [-0.2, -0.15) is 13.2 Å². The van der Waals surface area contributed by atoms with Gasteiger partial charge in [-0.15, -0.1) is 0 Å². The second-order valence-electron chi connectivity index (χ2n) is 8.20. The van der Waals surface area contributed by atoms with E-state index >= 15 is 0 Å². The lowest BCUT2D eigenvalue weighted by Gasteiger charge is -2.24. The van der Waals surface area contributed by atoms with Crippen LogP contribution in [0.4, 0.5) is 18.9 Å². The summed E-state index contributed by atoms with van der Waals surface area (Å²) in [5.74, 6) is -0.0875. The highest BCUT2D eigenvalue weighted by atomic mass is 32.2. The normalized spacial score (nSPS) is 16.6. The van der Waals surface area contributed by atoms with Gasteiger partial charge < -0.3 is 15.2 Å². The van der Waals surface area contributed by atoms with Gasteiger partial charge in [0, 0.05) is 35.4 Å². The molecule has 1 aromatic heterocycles. The molecule has 2 heterocycles. The minimum atomic E-state index is -4.43. The predicted molar refractivity (Wildman–Crippen MR) is 122 cm³/mol. The maximum atomic E-state index is 13.5. The van der Waals surface area contributed by atoms with Crippen LogP contribution in [-0.2, 0) is 16.4 Å². The molecule has 0 aliphatic carbocycles. The number of aromatic nitrogens is 1. The van der Waals surface area contributed by atoms with Crippen molar-refractivity contribution in [2.75, 3.05) is 23.9 Å². The van der Waals surface area contributed by atoms with Crippen molar-refractivity contribution < 1.29 is 26.4 Å². The number of rotatable bonds is 5. The molecular formula is C23H24F3N3O3S. The molecule has 2 N–H and O–H groups in total. The van der Waals surface area contributed by atoms with Crippen molar-refractivity contribution in [1.82, 2.24) is 9.88 Å². The van der Waals surface area contributed by atoms with Crippen LogP contribution in [-0.4, -0.2) is 49.7 Å². The summed E-state index contributed by atoms with van der Waals surface area (Å²) in [6.07, 6.45) is -3.52. The topological polar surface area (TPSA) is 80.2 Å². The van der Waals surface area contributed by atoms with Crippen LogP contribution in [0.2, 0.25) is 0 Å². The number of fused-ring (bicyclic) bond motifs is 1. The molecule has 1 fully saturated rings. The molecule has 3 aromatic rings. The summed E-state index contributed by atoms with van der Waals surface area (Å²) in [6, 6.07) is 13.2. The Morgan fingerprint density at radius 3 is 2.36 bits per heavy atom. The monoisotopic (exact) mass is 479 g/mol. The number of sulfone groups is 1. The molecule has 6 nitrogen and oxygen atoms in total. The van der Waals surface area contributed by atoms with E-state index in [-0.39, 0.29) is 23.5 Å². The van der Waals surface area contributed by atoms with E-state index in [2.05, 4.69) is 10.6 Å². The molecule has 0 saturated carbocycles. The van der Waals surface area contributed by atoms with Crippen molar-refractivity contribution >= 4 is 32.3 Å². The molecular weight excluding hydrogens is 455 g/mol. The van der Waals surface area contributed by atoms with Gasteiger partial charge in [-0.25, -0.2) is 8.42 Å². The quantitative estimate of drug-likeness (QED) is 0.574. The number of hydrogen-bond acceptors (Lipinski definition) is 4. The van der Waals surface area contributed by atoms with Crippen molar-refractivity contribution in [2.24, 2.45) is 0 Å². The first kappa shape index (κ1) is 23.2. The molecule has 4 rings (SSSR count). The highest BCUT2D eigenvalue weighted by Gasteiger charge is 2.31. The highest BCUT2D eigenvalue weighted by Crippen LogP contribution is 2.35. The number of halogens is 3. The van der Waals surface area contributed by atoms with Crippen molar-refractivity contribution in [1.29, 1.82) is 0 Å². The van der Waals surface area contributed by atoms with Gasteiger partial charge in [0.2, 0.25) is 0 Å². The van der Waals surface area contributed by atoms with Crippen molar-refractivity contribution in [2.45, 2.75) is 31.6 Å². The molecule has 0 unspecified atom stereocenters. The second kappa shape index (κ2) is 8.74. The van der Waals surface area contributed by atoms with E-state index in [0.717, 1.165) is 0 Å². The number of nitrogens with zero attached hydrogens (tertiary/aromatic N) is 1. The fourth-order valence-corrected chi connectivity index (χ4v) is 5.68. The molecule has 33 heavy (non-hydrogen) atoms. The molecule has 1 saturated heterocycles. The summed E-state index contributed by atoms with van der Waals surface area (Å²) in [5, 5.41) is 6.48. The van der Waals surface area contributed by atoms with Crippen LogP contribution in [0.15, 0.2) is 48.5 Å². The fraction of sp³-hybridized carbons (Fsp3) is 0.348. The number of amides is 1. The van der Waals surface area contributed by atoms with Crippen LogP contribution in [0.5, 0.6) is 0 Å². The minimum Gasteiger partial charge on any atom is -0.382 e. The average molecular weight is 480 g/mol. The Kier molecular flexibility index (Phi) is 6.13. The summed E-state index contributed by atoms with van der Waals surface area (Å²) in [6.45, 7) is -1.16. The number of hydrogen-bond donors (Lipinski definition) is 2. The van der Waals surface area contributed by atoms with Crippen LogP contribution in [0, 0.1) is 0 Å². The zero-order valence-corrected chi connectivity index (χ0v) is 18.8. The van der Waals surface area contributed by atoms with Gasteiger partial charge >= 0.3 is 6.18 Å². The third-order valence-electron chi connectivity index (χ3n) is 5.87. The Bertz CT molecular complexity index is 1270. The van der Waals surface area contributed by atoms with E-state index in [1.807, 2.05) is 0 Å².